The minimum Gasteiger partial charge on any atom is -0.497 e. The fourth-order valence-electron chi connectivity index (χ4n) is 1.78. The molecule has 2 atom stereocenters. The summed E-state index contributed by atoms with van der Waals surface area (Å²) in [6.45, 7) is 6.12. The molecule has 1 aromatic rings. The van der Waals surface area contributed by atoms with Crippen molar-refractivity contribution in [2.75, 3.05) is 7.11 Å². The number of rotatable bonds is 5. The highest BCUT2D eigenvalue weighted by Crippen LogP contribution is 2.30. The second-order valence-electron chi connectivity index (χ2n) is 4.71. The van der Waals surface area contributed by atoms with Crippen LogP contribution < -0.4 is 4.74 Å². The summed E-state index contributed by atoms with van der Waals surface area (Å²) >= 11 is 0. The Bertz CT molecular complexity index is 316. The summed E-state index contributed by atoms with van der Waals surface area (Å²) in [6.07, 6.45) is 1.57. The lowest BCUT2D eigenvalue weighted by molar-refractivity contribution is 0.0493. The van der Waals surface area contributed by atoms with E-state index < -0.39 is 0 Å². The lowest BCUT2D eigenvalue weighted by atomic mass is 9.77. The zero-order chi connectivity index (χ0) is 12.2. The Labute approximate surface area is 98.3 Å². The smallest absolute Gasteiger partial charge is 0.118 e. The first kappa shape index (κ1) is 13.0. The van der Waals surface area contributed by atoms with Crippen LogP contribution in [-0.4, -0.2) is 18.3 Å². The SMILES string of the molecule is CCC(C)(Cc1ccc(OC)cc1)C(C)O. The maximum Gasteiger partial charge on any atom is 0.118 e. The minimum atomic E-state index is -0.292. The van der Waals surface area contributed by atoms with E-state index in [0.717, 1.165) is 18.6 Å². The molecular formula is C14H22O2. The zero-order valence-electron chi connectivity index (χ0n) is 10.7. The summed E-state index contributed by atoms with van der Waals surface area (Å²) in [5.74, 6) is 0.874. The number of aliphatic hydroxyl groups is 1. The van der Waals surface area contributed by atoms with Gasteiger partial charge in [0, 0.05) is 0 Å². The first-order valence-electron chi connectivity index (χ1n) is 5.83. The van der Waals surface area contributed by atoms with Gasteiger partial charge in [0.2, 0.25) is 0 Å². The van der Waals surface area contributed by atoms with E-state index in [1.165, 1.54) is 5.56 Å². The van der Waals surface area contributed by atoms with Gasteiger partial charge < -0.3 is 9.84 Å². The Morgan fingerprint density at radius 1 is 1.31 bits per heavy atom. The summed E-state index contributed by atoms with van der Waals surface area (Å²) in [5.41, 5.74) is 1.19. The molecule has 0 radical (unpaired) electrons. The average molecular weight is 222 g/mol. The van der Waals surface area contributed by atoms with E-state index in [1.807, 2.05) is 19.1 Å². The molecule has 0 bridgehead atoms. The molecule has 16 heavy (non-hydrogen) atoms. The molecule has 0 heterocycles. The van der Waals surface area contributed by atoms with Gasteiger partial charge in [-0.05, 0) is 42.9 Å². The molecule has 2 heteroatoms. The van der Waals surface area contributed by atoms with Crippen molar-refractivity contribution in [2.24, 2.45) is 5.41 Å². The molecule has 1 N–H and O–H groups in total. The number of hydrogen-bond donors (Lipinski definition) is 1. The summed E-state index contributed by atoms with van der Waals surface area (Å²) in [5, 5.41) is 9.81. The Balaban J connectivity index is 2.78. The first-order valence-corrected chi connectivity index (χ1v) is 5.83. The third kappa shape index (κ3) is 2.99. The van der Waals surface area contributed by atoms with Crippen molar-refractivity contribution >= 4 is 0 Å². The van der Waals surface area contributed by atoms with Gasteiger partial charge in [0.15, 0.2) is 0 Å². The van der Waals surface area contributed by atoms with Gasteiger partial charge in [-0.1, -0.05) is 26.0 Å². The Morgan fingerprint density at radius 2 is 1.88 bits per heavy atom. The van der Waals surface area contributed by atoms with Crippen LogP contribution in [0.1, 0.15) is 32.8 Å². The van der Waals surface area contributed by atoms with Crippen LogP contribution in [0.2, 0.25) is 0 Å². The molecule has 0 spiro atoms. The fraction of sp³-hybridized carbons (Fsp3) is 0.571. The van der Waals surface area contributed by atoms with Gasteiger partial charge in [-0.3, -0.25) is 0 Å². The molecule has 1 rings (SSSR count). The highest BCUT2D eigenvalue weighted by atomic mass is 16.5. The number of aliphatic hydroxyl groups excluding tert-OH is 1. The van der Waals surface area contributed by atoms with Crippen LogP contribution in [0.25, 0.3) is 0 Å². The van der Waals surface area contributed by atoms with Crippen molar-refractivity contribution in [2.45, 2.75) is 39.7 Å². The van der Waals surface area contributed by atoms with Gasteiger partial charge in [0.25, 0.3) is 0 Å². The van der Waals surface area contributed by atoms with E-state index in [4.69, 9.17) is 4.74 Å². The van der Waals surface area contributed by atoms with Crippen LogP contribution in [0, 0.1) is 5.41 Å². The third-order valence-corrected chi connectivity index (χ3v) is 3.58. The quantitative estimate of drug-likeness (QED) is 0.829. The number of benzene rings is 1. The minimum absolute atomic E-state index is 0.0470. The zero-order valence-corrected chi connectivity index (χ0v) is 10.7. The second kappa shape index (κ2) is 5.35. The molecular weight excluding hydrogens is 200 g/mol. The maximum atomic E-state index is 9.81. The summed E-state index contributed by atoms with van der Waals surface area (Å²) in [7, 11) is 1.67. The first-order chi connectivity index (χ1) is 7.51. The Morgan fingerprint density at radius 3 is 2.25 bits per heavy atom. The topological polar surface area (TPSA) is 29.5 Å². The molecule has 0 saturated carbocycles. The van der Waals surface area contributed by atoms with Gasteiger partial charge in [0.1, 0.15) is 5.75 Å². The monoisotopic (exact) mass is 222 g/mol. The normalized spacial score (nSPS) is 16.6. The predicted molar refractivity (Wildman–Crippen MR) is 66.8 cm³/mol. The van der Waals surface area contributed by atoms with E-state index in [1.54, 1.807) is 7.11 Å². The summed E-state index contributed by atoms with van der Waals surface area (Å²) < 4.78 is 5.12. The molecule has 0 aliphatic rings. The van der Waals surface area contributed by atoms with Gasteiger partial charge in [-0.25, -0.2) is 0 Å². The van der Waals surface area contributed by atoms with Crippen LogP contribution in [0.3, 0.4) is 0 Å². The molecule has 0 saturated heterocycles. The molecule has 0 aliphatic carbocycles. The van der Waals surface area contributed by atoms with E-state index >= 15 is 0 Å². The number of methoxy groups -OCH3 is 1. The lowest BCUT2D eigenvalue weighted by Crippen LogP contribution is -2.31. The van der Waals surface area contributed by atoms with Crippen molar-refractivity contribution < 1.29 is 9.84 Å². The van der Waals surface area contributed by atoms with Crippen molar-refractivity contribution in [3.8, 4) is 5.75 Å². The van der Waals surface area contributed by atoms with Crippen molar-refractivity contribution in [3.63, 3.8) is 0 Å². The maximum absolute atomic E-state index is 9.81. The molecule has 1 aromatic carbocycles. The van der Waals surface area contributed by atoms with E-state index in [-0.39, 0.29) is 11.5 Å². The van der Waals surface area contributed by atoms with Crippen molar-refractivity contribution in [1.82, 2.24) is 0 Å². The van der Waals surface area contributed by atoms with E-state index in [0.29, 0.717) is 0 Å². The van der Waals surface area contributed by atoms with Crippen LogP contribution in [-0.2, 0) is 6.42 Å². The molecule has 2 unspecified atom stereocenters. The second-order valence-corrected chi connectivity index (χ2v) is 4.71. The summed E-state index contributed by atoms with van der Waals surface area (Å²) in [4.78, 5) is 0. The Hall–Kier alpha value is -1.02. The number of hydrogen-bond acceptors (Lipinski definition) is 2. The van der Waals surface area contributed by atoms with Crippen LogP contribution >= 0.6 is 0 Å². The fourth-order valence-corrected chi connectivity index (χ4v) is 1.78. The van der Waals surface area contributed by atoms with Crippen LogP contribution in [0.15, 0.2) is 24.3 Å². The van der Waals surface area contributed by atoms with Gasteiger partial charge >= 0.3 is 0 Å². The molecule has 0 aromatic heterocycles. The largest absolute Gasteiger partial charge is 0.497 e. The highest BCUT2D eigenvalue weighted by molar-refractivity contribution is 5.27. The van der Waals surface area contributed by atoms with Crippen molar-refractivity contribution in [1.29, 1.82) is 0 Å². The summed E-state index contributed by atoms with van der Waals surface area (Å²) in [6, 6.07) is 8.06. The van der Waals surface area contributed by atoms with Crippen molar-refractivity contribution in [3.05, 3.63) is 29.8 Å². The molecule has 90 valence electrons. The molecule has 0 aliphatic heterocycles. The number of ether oxygens (including phenoxy) is 1. The molecule has 0 amide bonds. The standard InChI is InChI=1S/C14H22O2/c1-5-14(3,11(2)15)10-12-6-8-13(16-4)9-7-12/h6-9,11,15H,5,10H2,1-4H3. The van der Waals surface area contributed by atoms with Gasteiger partial charge in [-0.2, -0.15) is 0 Å². The highest BCUT2D eigenvalue weighted by Gasteiger charge is 2.28. The van der Waals surface area contributed by atoms with E-state index in [9.17, 15) is 5.11 Å². The molecule has 2 nitrogen and oxygen atoms in total. The third-order valence-electron chi connectivity index (χ3n) is 3.58. The molecule has 0 fully saturated rings. The van der Waals surface area contributed by atoms with Crippen LogP contribution in [0.4, 0.5) is 0 Å². The lowest BCUT2D eigenvalue weighted by Gasteiger charge is -2.31. The Kier molecular flexibility index (Phi) is 4.36. The van der Waals surface area contributed by atoms with Crippen LogP contribution in [0.5, 0.6) is 5.75 Å². The van der Waals surface area contributed by atoms with Gasteiger partial charge in [-0.15, -0.1) is 0 Å². The van der Waals surface area contributed by atoms with Gasteiger partial charge in [0.05, 0.1) is 13.2 Å². The predicted octanol–water partition coefficient (Wildman–Crippen LogP) is 3.03. The van der Waals surface area contributed by atoms with E-state index in [2.05, 4.69) is 26.0 Å². The average Bonchev–Trinajstić information content (AvgIpc) is 2.29.